The van der Waals surface area contributed by atoms with Crippen LogP contribution in [0.1, 0.15) is 72.4 Å². The Morgan fingerprint density at radius 1 is 1.02 bits per heavy atom. The lowest BCUT2D eigenvalue weighted by Crippen LogP contribution is -2.48. The molecule has 11 nitrogen and oxygen atoms in total. The molecule has 0 aliphatic rings. The van der Waals surface area contributed by atoms with Crippen LogP contribution in [-0.4, -0.2) is 54.2 Å². The molecule has 0 aliphatic carbocycles. The molecule has 3 amide bonds. The molecule has 11 heteroatoms. The number of nitrogens with one attached hydrogen (secondary N) is 2. The molecule has 0 saturated heterocycles. The minimum Gasteiger partial charge on any atom is -0.496 e. The Hall–Kier alpha value is -4.64. The van der Waals surface area contributed by atoms with Gasteiger partial charge in [-0.1, -0.05) is 63.4 Å². The number of carbonyl (C=O) groups excluding carboxylic acids is 3. The first-order chi connectivity index (χ1) is 20.8. The molecule has 0 saturated carbocycles. The van der Waals surface area contributed by atoms with Crippen molar-refractivity contribution in [2.45, 2.75) is 58.6 Å². The molecule has 0 fully saturated rings. The summed E-state index contributed by atoms with van der Waals surface area (Å²) in [5, 5.41) is 16.0. The second-order valence-electron chi connectivity index (χ2n) is 9.91. The monoisotopic (exact) mass is 593 g/mol. The van der Waals surface area contributed by atoms with Gasteiger partial charge in [0.15, 0.2) is 5.76 Å². The molecule has 230 valence electrons. The minimum absolute atomic E-state index is 0.00989. The minimum atomic E-state index is -1.16. The van der Waals surface area contributed by atoms with E-state index in [0.717, 1.165) is 24.8 Å². The van der Waals surface area contributed by atoms with Crippen molar-refractivity contribution in [3.05, 3.63) is 77.6 Å². The van der Waals surface area contributed by atoms with Gasteiger partial charge >= 0.3 is 5.97 Å². The zero-order valence-electron chi connectivity index (χ0n) is 24.7. The summed E-state index contributed by atoms with van der Waals surface area (Å²) < 4.78 is 10.7. The van der Waals surface area contributed by atoms with E-state index in [-0.39, 0.29) is 36.3 Å². The number of hydrogen-bond donors (Lipinski definition) is 3. The summed E-state index contributed by atoms with van der Waals surface area (Å²) in [6.07, 6.45) is 4.36. The predicted octanol–water partition coefficient (Wildman–Crippen LogP) is 5.02. The van der Waals surface area contributed by atoms with Crippen LogP contribution >= 0.6 is 0 Å². The Bertz CT molecular complexity index is 1360. The predicted molar refractivity (Wildman–Crippen MR) is 159 cm³/mol. The number of rotatable bonds is 18. The maximum absolute atomic E-state index is 13.3. The lowest BCUT2D eigenvalue weighted by Gasteiger charge is -2.32. The Morgan fingerprint density at radius 3 is 2.44 bits per heavy atom. The van der Waals surface area contributed by atoms with E-state index in [1.54, 1.807) is 12.1 Å². The summed E-state index contributed by atoms with van der Waals surface area (Å²) in [4.78, 5) is 55.4. The van der Waals surface area contributed by atoms with Crippen LogP contribution < -0.4 is 15.4 Å². The van der Waals surface area contributed by atoms with Gasteiger partial charge in [0.05, 0.1) is 25.7 Å². The lowest BCUT2D eigenvalue weighted by atomic mass is 9.90. The van der Waals surface area contributed by atoms with E-state index in [0.29, 0.717) is 30.6 Å². The first-order valence-corrected chi connectivity index (χ1v) is 14.3. The molecule has 1 unspecified atom stereocenters. The van der Waals surface area contributed by atoms with Gasteiger partial charge in [-0.3, -0.25) is 19.2 Å². The van der Waals surface area contributed by atoms with Gasteiger partial charge in [0.25, 0.3) is 5.91 Å². The van der Waals surface area contributed by atoms with Crippen molar-refractivity contribution < 1.29 is 38.3 Å². The van der Waals surface area contributed by atoms with E-state index in [1.807, 2.05) is 37.3 Å². The largest absolute Gasteiger partial charge is 0.496 e. The number of amides is 3. The van der Waals surface area contributed by atoms with E-state index in [4.69, 9.17) is 14.0 Å². The lowest BCUT2D eigenvalue weighted by molar-refractivity contribution is -0.200. The molecule has 3 aromatic rings. The van der Waals surface area contributed by atoms with Crippen molar-refractivity contribution in [1.82, 2.24) is 15.7 Å². The first kappa shape index (κ1) is 32.9. The fourth-order valence-electron chi connectivity index (χ4n) is 4.76. The highest BCUT2D eigenvalue weighted by molar-refractivity contribution is 5.94. The number of furan rings is 1. The number of carboxylic acids is 1. The maximum atomic E-state index is 13.3. The number of nitrogens with zero attached hydrogens (tertiary/aromatic N) is 1. The van der Waals surface area contributed by atoms with Crippen molar-refractivity contribution in [1.29, 1.82) is 0 Å². The Kier molecular flexibility index (Phi) is 12.8. The topological polar surface area (TPSA) is 147 Å². The van der Waals surface area contributed by atoms with Gasteiger partial charge < -0.3 is 24.9 Å². The third kappa shape index (κ3) is 9.17. The van der Waals surface area contributed by atoms with Crippen LogP contribution in [0.2, 0.25) is 0 Å². The summed E-state index contributed by atoms with van der Waals surface area (Å²) in [7, 11) is 1.38. The quantitative estimate of drug-likeness (QED) is 0.0806. The van der Waals surface area contributed by atoms with Gasteiger partial charge in [-0.25, -0.2) is 9.86 Å². The maximum Gasteiger partial charge on any atom is 0.339 e. The normalized spacial score (nSPS) is 12.2. The van der Waals surface area contributed by atoms with Gasteiger partial charge in [-0.05, 0) is 48.7 Å². The number of aromatic carboxylic acids is 1. The number of unbranched alkanes of at least 4 members (excludes halogenated alkanes) is 2. The number of benzene rings is 2. The zero-order chi connectivity index (χ0) is 31.2. The van der Waals surface area contributed by atoms with Crippen molar-refractivity contribution in [3.63, 3.8) is 0 Å². The molecule has 0 radical (unpaired) electrons. The van der Waals surface area contributed by atoms with E-state index in [2.05, 4.69) is 17.6 Å². The second kappa shape index (κ2) is 16.7. The van der Waals surface area contributed by atoms with Crippen molar-refractivity contribution >= 4 is 24.2 Å². The van der Waals surface area contributed by atoms with E-state index in [9.17, 15) is 24.3 Å². The molecule has 43 heavy (non-hydrogen) atoms. The molecule has 0 spiro atoms. The van der Waals surface area contributed by atoms with Crippen LogP contribution in [0.15, 0.2) is 65.1 Å². The second-order valence-corrected chi connectivity index (χ2v) is 9.91. The molecule has 3 rings (SSSR count). The third-order valence-corrected chi connectivity index (χ3v) is 7.05. The average Bonchev–Trinajstić information content (AvgIpc) is 3.52. The van der Waals surface area contributed by atoms with Crippen molar-refractivity contribution in [3.8, 4) is 17.1 Å². The van der Waals surface area contributed by atoms with Crippen molar-refractivity contribution in [2.75, 3.05) is 13.8 Å². The summed E-state index contributed by atoms with van der Waals surface area (Å²) in [5.41, 5.74) is 1.32. The molecule has 3 N–H and O–H groups in total. The van der Waals surface area contributed by atoms with E-state index >= 15 is 0 Å². The van der Waals surface area contributed by atoms with E-state index < -0.39 is 23.8 Å². The van der Waals surface area contributed by atoms with Crippen LogP contribution in [0.5, 0.6) is 5.75 Å². The standard InChI is InChI=1S/C32H39N3O8/c1-4-6-8-13-24(26(5-2)35(21-36)42-19-22-11-9-7-10-12-22)30(37)33-20-34-31(38)29-17-16-27(43-29)23-14-15-28(41-3)25(18-23)32(39)40/h7,9-12,14-18,21,24,26H,4-6,8,13,19-20H2,1-3H3,(H,33,37)(H,34,38)(H,39,40)/t24?,26-/m1/s1. The van der Waals surface area contributed by atoms with Gasteiger partial charge in [0, 0.05) is 5.56 Å². The molecule has 2 atom stereocenters. The Morgan fingerprint density at radius 2 is 1.79 bits per heavy atom. The number of methoxy groups -OCH3 is 1. The zero-order valence-corrected chi connectivity index (χ0v) is 24.7. The van der Waals surface area contributed by atoms with Gasteiger partial charge in [-0.2, -0.15) is 0 Å². The van der Waals surface area contributed by atoms with Crippen LogP contribution in [0.4, 0.5) is 0 Å². The Labute approximate surface area is 251 Å². The fourth-order valence-corrected chi connectivity index (χ4v) is 4.76. The van der Waals surface area contributed by atoms with Crippen LogP contribution in [0.3, 0.4) is 0 Å². The van der Waals surface area contributed by atoms with Gasteiger partial charge in [-0.15, -0.1) is 0 Å². The number of hydrogen-bond acceptors (Lipinski definition) is 7. The van der Waals surface area contributed by atoms with Gasteiger partial charge in [0.2, 0.25) is 12.3 Å². The molecule has 1 aromatic heterocycles. The molecular weight excluding hydrogens is 554 g/mol. The highest BCUT2D eigenvalue weighted by Gasteiger charge is 2.32. The summed E-state index contributed by atoms with van der Waals surface area (Å²) in [6.45, 7) is 3.99. The Balaban J connectivity index is 1.63. The summed E-state index contributed by atoms with van der Waals surface area (Å²) in [6, 6.07) is 16.5. The van der Waals surface area contributed by atoms with Crippen molar-refractivity contribution in [2.24, 2.45) is 5.92 Å². The molecule has 0 bridgehead atoms. The van der Waals surface area contributed by atoms with E-state index in [1.165, 1.54) is 30.4 Å². The highest BCUT2D eigenvalue weighted by Crippen LogP contribution is 2.28. The van der Waals surface area contributed by atoms with Gasteiger partial charge in [0.1, 0.15) is 23.7 Å². The summed E-state index contributed by atoms with van der Waals surface area (Å²) in [5.74, 6) is -2.09. The molecule has 1 heterocycles. The average molecular weight is 594 g/mol. The highest BCUT2D eigenvalue weighted by atomic mass is 16.7. The van der Waals surface area contributed by atoms with Crippen LogP contribution in [0, 0.1) is 5.92 Å². The van der Waals surface area contributed by atoms with Crippen LogP contribution in [-0.2, 0) is 21.0 Å². The SMILES string of the molecule is CCCCCC(C(=O)NCNC(=O)c1ccc(-c2ccc(OC)c(C(=O)O)c2)o1)[C@@H](CC)N(C=O)OCc1ccccc1. The number of carboxylic acid groups (broad SMARTS) is 1. The number of ether oxygens (including phenoxy) is 1. The molecule has 0 aliphatic heterocycles. The first-order valence-electron chi connectivity index (χ1n) is 14.3. The van der Waals surface area contributed by atoms with Crippen LogP contribution in [0.25, 0.3) is 11.3 Å². The third-order valence-electron chi connectivity index (χ3n) is 7.05. The molecular formula is C32H39N3O8. The number of hydroxylamine groups is 2. The number of carbonyl (C=O) groups is 4. The fraction of sp³-hybridized carbons (Fsp3) is 0.375. The smallest absolute Gasteiger partial charge is 0.339 e. The summed E-state index contributed by atoms with van der Waals surface area (Å²) >= 11 is 0. The molecule has 2 aromatic carbocycles.